The molecule has 0 radical (unpaired) electrons. The fourth-order valence-electron chi connectivity index (χ4n) is 5.79. The van der Waals surface area contributed by atoms with E-state index < -0.39 is 0 Å². The van der Waals surface area contributed by atoms with Gasteiger partial charge in [0.15, 0.2) is 11.6 Å². The second-order valence-corrected chi connectivity index (χ2v) is 10.9. The minimum Gasteiger partial charge on any atom is -0.456 e. The highest BCUT2D eigenvalue weighted by atomic mass is 16.3. The molecule has 208 valence electrons. The number of nitrogens with zero attached hydrogens (tertiary/aromatic N) is 3. The van der Waals surface area contributed by atoms with E-state index in [9.17, 15) is 0 Å². The van der Waals surface area contributed by atoms with Crippen molar-refractivity contribution in [3.05, 3.63) is 163 Å². The maximum Gasteiger partial charge on any atom is 0.164 e. The molecule has 0 atom stereocenters. The van der Waals surface area contributed by atoms with E-state index in [1.165, 1.54) is 5.56 Å². The third kappa shape index (κ3) is 4.93. The van der Waals surface area contributed by atoms with Gasteiger partial charge in [-0.25, -0.2) is 15.0 Å². The first-order valence-corrected chi connectivity index (χ1v) is 14.7. The molecule has 6 aromatic carbocycles. The third-order valence-corrected chi connectivity index (χ3v) is 7.98. The van der Waals surface area contributed by atoms with Gasteiger partial charge in [-0.2, -0.15) is 0 Å². The normalized spacial score (nSPS) is 11.3. The second kappa shape index (κ2) is 11.1. The van der Waals surface area contributed by atoms with Gasteiger partial charge in [0, 0.05) is 28.3 Å². The van der Waals surface area contributed by atoms with Gasteiger partial charge in [-0.15, -0.1) is 0 Å². The van der Waals surface area contributed by atoms with Crippen molar-refractivity contribution in [2.24, 2.45) is 0 Å². The molecule has 0 aliphatic rings. The van der Waals surface area contributed by atoms with Crippen LogP contribution in [0.5, 0.6) is 0 Å². The van der Waals surface area contributed by atoms with Crippen LogP contribution in [0.15, 0.2) is 156 Å². The summed E-state index contributed by atoms with van der Waals surface area (Å²) in [6.07, 6.45) is 0.603. The van der Waals surface area contributed by atoms with Crippen molar-refractivity contribution < 1.29 is 4.42 Å². The summed E-state index contributed by atoms with van der Waals surface area (Å²) in [6, 6.07) is 52.0. The van der Waals surface area contributed by atoms with Crippen LogP contribution in [0.2, 0.25) is 0 Å². The number of hydrogen-bond donors (Lipinski definition) is 0. The Morgan fingerprint density at radius 2 is 1.02 bits per heavy atom. The van der Waals surface area contributed by atoms with Gasteiger partial charge < -0.3 is 4.42 Å². The Balaban J connectivity index is 1.29. The summed E-state index contributed by atoms with van der Waals surface area (Å²) < 4.78 is 6.33. The van der Waals surface area contributed by atoms with Gasteiger partial charge in [0.05, 0.1) is 0 Å². The van der Waals surface area contributed by atoms with Crippen LogP contribution in [0.1, 0.15) is 11.4 Å². The van der Waals surface area contributed by atoms with Crippen molar-refractivity contribution in [1.82, 2.24) is 15.0 Å². The van der Waals surface area contributed by atoms with Crippen LogP contribution in [-0.4, -0.2) is 15.0 Å². The highest BCUT2D eigenvalue weighted by Crippen LogP contribution is 2.38. The predicted molar refractivity (Wildman–Crippen MR) is 178 cm³/mol. The number of aromatic nitrogens is 3. The molecule has 0 amide bonds. The van der Waals surface area contributed by atoms with Crippen molar-refractivity contribution in [3.63, 3.8) is 0 Å². The van der Waals surface area contributed by atoms with E-state index in [0.717, 1.165) is 61.1 Å². The van der Waals surface area contributed by atoms with Crippen LogP contribution in [0.25, 0.3) is 67.0 Å². The molecule has 0 spiro atoms. The molecule has 0 fully saturated rings. The van der Waals surface area contributed by atoms with Gasteiger partial charge in [-0.05, 0) is 46.0 Å². The maximum absolute atomic E-state index is 6.33. The van der Waals surface area contributed by atoms with E-state index in [2.05, 4.69) is 109 Å². The molecule has 2 heterocycles. The van der Waals surface area contributed by atoms with Crippen molar-refractivity contribution in [3.8, 4) is 45.0 Å². The van der Waals surface area contributed by atoms with Gasteiger partial charge in [0.2, 0.25) is 0 Å². The van der Waals surface area contributed by atoms with Crippen molar-refractivity contribution >= 4 is 21.9 Å². The Morgan fingerprint density at radius 3 is 1.75 bits per heavy atom. The van der Waals surface area contributed by atoms with Crippen LogP contribution in [-0.2, 0) is 6.42 Å². The smallest absolute Gasteiger partial charge is 0.164 e. The SMILES string of the molecule is c1ccc(Cc2nc(-c3ccc(-c4ccccc4)cc3)nc(-c3cccc4oc5ccc(-c6ccccc6)cc5c34)n2)cc1. The predicted octanol–water partition coefficient (Wildman–Crippen LogP) is 10.0. The molecule has 0 saturated carbocycles. The number of fused-ring (bicyclic) bond motifs is 3. The molecule has 2 aromatic heterocycles. The molecular formula is C40H27N3O. The molecule has 0 aliphatic heterocycles. The summed E-state index contributed by atoms with van der Waals surface area (Å²) in [5.41, 5.74) is 9.27. The molecule has 0 N–H and O–H groups in total. The molecule has 0 unspecified atom stereocenters. The number of rotatable bonds is 6. The van der Waals surface area contributed by atoms with Gasteiger partial charge in [0.1, 0.15) is 17.0 Å². The van der Waals surface area contributed by atoms with Gasteiger partial charge in [-0.3, -0.25) is 0 Å². The zero-order valence-corrected chi connectivity index (χ0v) is 23.9. The lowest BCUT2D eigenvalue weighted by Gasteiger charge is -2.10. The quantitative estimate of drug-likeness (QED) is 0.201. The lowest BCUT2D eigenvalue weighted by molar-refractivity contribution is 0.669. The average molecular weight is 566 g/mol. The Morgan fingerprint density at radius 1 is 0.432 bits per heavy atom. The van der Waals surface area contributed by atoms with Crippen LogP contribution >= 0.6 is 0 Å². The highest BCUT2D eigenvalue weighted by molar-refractivity contribution is 6.12. The maximum atomic E-state index is 6.33. The standard InChI is InChI=1S/C40H27N3O/c1-4-11-27(12-5-1)25-37-41-39(31-21-19-30(20-22-31)28-13-6-2-7-14-28)43-40(42-37)33-17-10-18-36-38(33)34-26-32(23-24-35(34)44-36)29-15-8-3-9-16-29/h1-24,26H,25H2. The number of benzene rings is 6. The van der Waals surface area contributed by atoms with Gasteiger partial charge >= 0.3 is 0 Å². The Hall–Kier alpha value is -5.87. The fraction of sp³-hybridized carbons (Fsp3) is 0.0250. The van der Waals surface area contributed by atoms with Crippen molar-refractivity contribution in [2.75, 3.05) is 0 Å². The number of furan rings is 1. The largest absolute Gasteiger partial charge is 0.456 e. The van der Waals surface area contributed by atoms with E-state index in [0.29, 0.717) is 18.1 Å². The van der Waals surface area contributed by atoms with Crippen molar-refractivity contribution in [2.45, 2.75) is 6.42 Å². The summed E-state index contributed by atoms with van der Waals surface area (Å²) in [5, 5.41) is 2.04. The van der Waals surface area contributed by atoms with E-state index in [1.807, 2.05) is 42.5 Å². The minimum absolute atomic E-state index is 0.603. The fourth-order valence-corrected chi connectivity index (χ4v) is 5.79. The lowest BCUT2D eigenvalue weighted by Crippen LogP contribution is -2.04. The van der Waals surface area contributed by atoms with E-state index in [1.54, 1.807) is 0 Å². The first-order valence-electron chi connectivity index (χ1n) is 14.7. The average Bonchev–Trinajstić information content (AvgIpc) is 3.48. The summed E-state index contributed by atoms with van der Waals surface area (Å²) in [7, 11) is 0. The van der Waals surface area contributed by atoms with Crippen LogP contribution in [0, 0.1) is 0 Å². The number of hydrogen-bond acceptors (Lipinski definition) is 4. The minimum atomic E-state index is 0.603. The van der Waals surface area contributed by atoms with Crippen LogP contribution in [0.3, 0.4) is 0 Å². The monoisotopic (exact) mass is 565 g/mol. The van der Waals surface area contributed by atoms with Crippen molar-refractivity contribution in [1.29, 1.82) is 0 Å². The Labute approximate surface area is 255 Å². The van der Waals surface area contributed by atoms with E-state index in [-0.39, 0.29) is 0 Å². The first kappa shape index (κ1) is 25.8. The molecule has 4 heteroatoms. The summed E-state index contributed by atoms with van der Waals surface area (Å²) in [4.78, 5) is 15.1. The van der Waals surface area contributed by atoms with Crippen LogP contribution < -0.4 is 0 Å². The second-order valence-electron chi connectivity index (χ2n) is 10.9. The summed E-state index contributed by atoms with van der Waals surface area (Å²) in [6.45, 7) is 0. The zero-order chi connectivity index (χ0) is 29.3. The third-order valence-electron chi connectivity index (χ3n) is 7.98. The summed E-state index contributed by atoms with van der Waals surface area (Å²) in [5.74, 6) is 2.00. The molecule has 0 saturated heterocycles. The highest BCUT2D eigenvalue weighted by Gasteiger charge is 2.18. The lowest BCUT2D eigenvalue weighted by atomic mass is 10.0. The Bertz CT molecular complexity index is 2220. The molecule has 0 aliphatic carbocycles. The first-order chi connectivity index (χ1) is 21.8. The van der Waals surface area contributed by atoms with Gasteiger partial charge in [-0.1, -0.05) is 133 Å². The zero-order valence-electron chi connectivity index (χ0n) is 23.9. The molecule has 44 heavy (non-hydrogen) atoms. The molecule has 8 aromatic rings. The molecule has 8 rings (SSSR count). The van der Waals surface area contributed by atoms with E-state index in [4.69, 9.17) is 19.4 Å². The van der Waals surface area contributed by atoms with Gasteiger partial charge in [0.25, 0.3) is 0 Å². The molecule has 0 bridgehead atoms. The van der Waals surface area contributed by atoms with E-state index >= 15 is 0 Å². The summed E-state index contributed by atoms with van der Waals surface area (Å²) >= 11 is 0. The molecular weight excluding hydrogens is 538 g/mol. The molecule has 4 nitrogen and oxygen atoms in total. The Kier molecular flexibility index (Phi) is 6.50. The topological polar surface area (TPSA) is 51.8 Å². The van der Waals surface area contributed by atoms with Crippen LogP contribution in [0.4, 0.5) is 0 Å².